The van der Waals surface area contributed by atoms with Crippen molar-refractivity contribution in [2.45, 2.75) is 18.1 Å². The van der Waals surface area contributed by atoms with Crippen LogP contribution in [0.15, 0.2) is 18.2 Å². The minimum absolute atomic E-state index is 0. The highest BCUT2D eigenvalue weighted by Gasteiger charge is 2.62. The van der Waals surface area contributed by atoms with E-state index >= 15 is 0 Å². The van der Waals surface area contributed by atoms with Crippen molar-refractivity contribution in [3.63, 3.8) is 0 Å². The number of hydrogen-bond acceptors (Lipinski definition) is 3. The first kappa shape index (κ1) is 18.8. The third-order valence-corrected chi connectivity index (χ3v) is 2.52. The zero-order valence-corrected chi connectivity index (χ0v) is 10.9. The number of nitro benzene ring substituents is 1. The van der Waals surface area contributed by atoms with Crippen molar-refractivity contribution in [1.82, 2.24) is 0 Å². The first-order valence-corrected chi connectivity index (χ1v) is 5.00. The van der Waals surface area contributed by atoms with Gasteiger partial charge in [0.15, 0.2) is 0 Å². The van der Waals surface area contributed by atoms with Crippen LogP contribution in [-0.2, 0) is 0 Å². The van der Waals surface area contributed by atoms with Crippen LogP contribution in [-0.4, -0.2) is 17.0 Å². The van der Waals surface area contributed by atoms with Gasteiger partial charge in [0, 0.05) is 11.1 Å². The topological polar surface area (TPSA) is 69.2 Å². The molecule has 0 fully saturated rings. The molecule has 0 bridgehead atoms. The number of hydrogen-bond donors (Lipinski definition) is 1. The predicted molar refractivity (Wildman–Crippen MR) is 63.3 cm³/mol. The quantitative estimate of drug-likeness (QED) is 0.516. The highest BCUT2D eigenvalue weighted by Crippen LogP contribution is 2.45. The van der Waals surface area contributed by atoms with Crippen molar-refractivity contribution in [2.75, 3.05) is 0 Å². The molecule has 0 radical (unpaired) electrons. The summed E-state index contributed by atoms with van der Waals surface area (Å²) in [7, 11) is 0. The monoisotopic (exact) mass is 340 g/mol. The predicted octanol–water partition coefficient (Wildman–Crippen LogP) is 3.87. The van der Waals surface area contributed by atoms with Gasteiger partial charge in [0.1, 0.15) is 6.04 Å². The van der Waals surface area contributed by atoms with Gasteiger partial charge in [-0.15, -0.1) is 12.4 Å². The molecule has 2 N–H and O–H groups in total. The van der Waals surface area contributed by atoms with Gasteiger partial charge in [-0.25, -0.2) is 0 Å². The number of nitro groups is 1. The van der Waals surface area contributed by atoms with Crippen molar-refractivity contribution < 1.29 is 26.9 Å². The molecular formula is C9H7Cl2F5N2O2. The van der Waals surface area contributed by atoms with Crippen LogP contribution in [0.3, 0.4) is 0 Å². The lowest BCUT2D eigenvalue weighted by Gasteiger charge is -2.25. The van der Waals surface area contributed by atoms with E-state index in [0.29, 0.717) is 12.1 Å². The van der Waals surface area contributed by atoms with E-state index in [2.05, 4.69) is 0 Å². The molecule has 1 atom stereocenters. The second-order valence-corrected chi connectivity index (χ2v) is 4.00. The van der Waals surface area contributed by atoms with E-state index in [-0.39, 0.29) is 17.4 Å². The third-order valence-electron chi connectivity index (χ3n) is 2.29. The molecule has 4 nitrogen and oxygen atoms in total. The van der Waals surface area contributed by atoms with Gasteiger partial charge in [-0.3, -0.25) is 10.1 Å². The normalized spacial score (nSPS) is 13.6. The van der Waals surface area contributed by atoms with Crippen LogP contribution in [0.25, 0.3) is 0 Å². The van der Waals surface area contributed by atoms with Crippen LogP contribution < -0.4 is 5.73 Å². The van der Waals surface area contributed by atoms with Crippen LogP contribution in [0, 0.1) is 10.1 Å². The summed E-state index contributed by atoms with van der Waals surface area (Å²) in [5.41, 5.74) is 2.89. The minimum atomic E-state index is -5.93. The first-order chi connectivity index (χ1) is 8.48. The Kier molecular flexibility index (Phi) is 5.70. The summed E-state index contributed by atoms with van der Waals surface area (Å²) >= 11 is 5.43. The minimum Gasteiger partial charge on any atom is -0.318 e. The Bertz CT molecular complexity index is 510. The average Bonchev–Trinajstić information content (AvgIpc) is 2.25. The van der Waals surface area contributed by atoms with Gasteiger partial charge in [-0.05, 0) is 12.1 Å². The largest absolute Gasteiger partial charge is 0.455 e. The summed E-state index contributed by atoms with van der Waals surface area (Å²) in [5.74, 6) is -5.32. The van der Waals surface area contributed by atoms with E-state index in [4.69, 9.17) is 17.3 Å². The Morgan fingerprint density at radius 1 is 1.25 bits per heavy atom. The van der Waals surface area contributed by atoms with Crippen LogP contribution in [0.2, 0.25) is 5.02 Å². The molecule has 0 aromatic heterocycles. The van der Waals surface area contributed by atoms with Crippen LogP contribution in [0.4, 0.5) is 27.6 Å². The molecule has 11 heteroatoms. The van der Waals surface area contributed by atoms with Gasteiger partial charge in [-0.2, -0.15) is 22.0 Å². The average molecular weight is 341 g/mol. The SMILES string of the molecule is Cl.N[C@@H](c1cc(Cl)ccc1[N+](=O)[O-])C(F)(F)C(F)(F)F. The summed E-state index contributed by atoms with van der Waals surface area (Å²) in [4.78, 5) is 9.48. The summed E-state index contributed by atoms with van der Waals surface area (Å²) in [6.45, 7) is 0. The van der Waals surface area contributed by atoms with E-state index in [1.165, 1.54) is 0 Å². The van der Waals surface area contributed by atoms with Crippen molar-refractivity contribution in [2.24, 2.45) is 5.73 Å². The molecule has 1 aromatic rings. The maximum Gasteiger partial charge on any atom is 0.455 e. The number of alkyl halides is 5. The van der Waals surface area contributed by atoms with Crippen molar-refractivity contribution in [3.05, 3.63) is 38.9 Å². The first-order valence-electron chi connectivity index (χ1n) is 4.62. The standard InChI is InChI=1S/C9H6ClF5N2O2.ClH/c10-4-1-2-6(17(18)19)5(3-4)7(16)8(11,12)9(13,14)15;/h1-3,7H,16H2;1H/t7-;/m0./s1. The lowest BCUT2D eigenvalue weighted by Crippen LogP contribution is -2.46. The van der Waals surface area contributed by atoms with E-state index < -0.39 is 34.3 Å². The lowest BCUT2D eigenvalue weighted by atomic mass is 9.99. The van der Waals surface area contributed by atoms with Crippen LogP contribution in [0.5, 0.6) is 0 Å². The second kappa shape index (κ2) is 6.06. The van der Waals surface area contributed by atoms with Crippen LogP contribution in [0.1, 0.15) is 11.6 Å². The number of nitrogens with zero attached hydrogens (tertiary/aromatic N) is 1. The summed E-state index contributed by atoms with van der Waals surface area (Å²) in [5, 5.41) is 10.4. The Hall–Kier alpha value is -1.19. The molecule has 0 amide bonds. The van der Waals surface area contributed by atoms with E-state index in [1.807, 2.05) is 0 Å². The Labute approximate surface area is 120 Å². The molecule has 0 aliphatic heterocycles. The maximum absolute atomic E-state index is 13.1. The van der Waals surface area contributed by atoms with Gasteiger partial charge in [0.25, 0.3) is 5.69 Å². The van der Waals surface area contributed by atoms with Crippen molar-refractivity contribution in [1.29, 1.82) is 0 Å². The Morgan fingerprint density at radius 2 is 1.75 bits per heavy atom. The molecule has 0 aliphatic carbocycles. The molecule has 20 heavy (non-hydrogen) atoms. The van der Waals surface area contributed by atoms with Gasteiger partial charge >= 0.3 is 12.1 Å². The molecular weight excluding hydrogens is 334 g/mol. The van der Waals surface area contributed by atoms with Crippen molar-refractivity contribution in [3.8, 4) is 0 Å². The Balaban J connectivity index is 0.00000361. The van der Waals surface area contributed by atoms with Gasteiger partial charge in [0.05, 0.1) is 10.5 Å². The zero-order chi connectivity index (χ0) is 15.0. The molecule has 1 rings (SSSR count). The molecule has 0 unspecified atom stereocenters. The second-order valence-electron chi connectivity index (χ2n) is 3.56. The van der Waals surface area contributed by atoms with Crippen molar-refractivity contribution >= 4 is 29.7 Å². The fourth-order valence-corrected chi connectivity index (χ4v) is 1.49. The molecule has 0 spiro atoms. The van der Waals surface area contributed by atoms with Crippen LogP contribution >= 0.6 is 24.0 Å². The third kappa shape index (κ3) is 3.47. The van der Waals surface area contributed by atoms with E-state index in [1.54, 1.807) is 0 Å². The molecule has 0 saturated carbocycles. The number of halogens is 7. The Morgan fingerprint density at radius 3 is 2.15 bits per heavy atom. The highest BCUT2D eigenvalue weighted by atomic mass is 35.5. The molecule has 0 heterocycles. The van der Waals surface area contributed by atoms with Gasteiger partial charge < -0.3 is 5.73 Å². The lowest BCUT2D eigenvalue weighted by molar-refractivity contribution is -0.386. The summed E-state index contributed by atoms with van der Waals surface area (Å²) in [6, 6.07) is -0.609. The molecule has 0 aliphatic rings. The molecule has 114 valence electrons. The van der Waals surface area contributed by atoms with Gasteiger partial charge in [0.2, 0.25) is 0 Å². The summed E-state index contributed by atoms with van der Waals surface area (Å²) in [6.07, 6.45) is -5.93. The number of rotatable bonds is 3. The maximum atomic E-state index is 13.1. The number of benzene rings is 1. The fourth-order valence-electron chi connectivity index (χ4n) is 1.31. The van der Waals surface area contributed by atoms with E-state index in [0.717, 1.165) is 6.07 Å². The highest BCUT2D eigenvalue weighted by molar-refractivity contribution is 6.30. The fraction of sp³-hybridized carbons (Fsp3) is 0.333. The van der Waals surface area contributed by atoms with E-state index in [9.17, 15) is 32.1 Å². The summed E-state index contributed by atoms with van der Waals surface area (Å²) < 4.78 is 62.6. The number of nitrogens with two attached hydrogens (primary N) is 1. The molecule has 1 aromatic carbocycles. The smallest absolute Gasteiger partial charge is 0.318 e. The van der Waals surface area contributed by atoms with Gasteiger partial charge in [-0.1, -0.05) is 11.6 Å². The molecule has 0 saturated heterocycles. The zero-order valence-electron chi connectivity index (χ0n) is 9.33.